The Morgan fingerprint density at radius 1 is 1.18 bits per heavy atom. The van der Waals surface area contributed by atoms with Crippen LogP contribution >= 0.6 is 23.2 Å². The van der Waals surface area contributed by atoms with Gasteiger partial charge in [-0.2, -0.15) is 0 Å². The van der Waals surface area contributed by atoms with Gasteiger partial charge in [0.25, 0.3) is 5.91 Å². The third kappa shape index (κ3) is 4.11. The van der Waals surface area contributed by atoms with Gasteiger partial charge >= 0.3 is 5.97 Å². The van der Waals surface area contributed by atoms with Crippen LogP contribution in [0.15, 0.2) is 41.3 Å². The standard InChI is InChI=1S/C23H22Cl2N2O5S/c1-12-10-17-16(21(25)20(12)24)11-18(27(17)3)22(28)26-13(2)14-4-6-15(7-5-14)33(30,31)19-8-9-32-23(19)29/h4-7,10-11,13,19H,8-9H2,1-3H3,(H,26,28)/t13-,19?/m1/s1. The van der Waals surface area contributed by atoms with Crippen molar-refractivity contribution < 1.29 is 22.7 Å². The highest BCUT2D eigenvalue weighted by molar-refractivity contribution is 7.92. The second-order valence-corrected chi connectivity index (χ2v) is 11.0. The summed E-state index contributed by atoms with van der Waals surface area (Å²) in [7, 11) is -2.04. The maximum Gasteiger partial charge on any atom is 0.324 e. The third-order valence-corrected chi connectivity index (χ3v) is 9.04. The molecule has 1 N–H and O–H groups in total. The minimum Gasteiger partial charge on any atom is -0.465 e. The lowest BCUT2D eigenvalue weighted by molar-refractivity contribution is -0.137. The van der Waals surface area contributed by atoms with Gasteiger partial charge in [0.05, 0.1) is 33.1 Å². The number of nitrogens with one attached hydrogen (secondary N) is 1. The largest absolute Gasteiger partial charge is 0.465 e. The zero-order valence-electron chi connectivity index (χ0n) is 18.2. The molecule has 1 aliphatic heterocycles. The van der Waals surface area contributed by atoms with Gasteiger partial charge in [0.15, 0.2) is 15.1 Å². The van der Waals surface area contributed by atoms with Crippen LogP contribution in [0.3, 0.4) is 0 Å². The van der Waals surface area contributed by atoms with E-state index in [1.54, 1.807) is 36.7 Å². The number of sulfone groups is 1. The van der Waals surface area contributed by atoms with E-state index in [0.29, 0.717) is 26.7 Å². The smallest absolute Gasteiger partial charge is 0.324 e. The van der Waals surface area contributed by atoms with Crippen LogP contribution in [-0.2, 0) is 26.4 Å². The first-order valence-electron chi connectivity index (χ1n) is 10.3. The number of halogens is 2. The van der Waals surface area contributed by atoms with Gasteiger partial charge in [-0.05, 0) is 49.2 Å². The van der Waals surface area contributed by atoms with Crippen molar-refractivity contribution in [3.63, 3.8) is 0 Å². The number of aryl methyl sites for hydroxylation is 2. The average Bonchev–Trinajstić information content (AvgIpc) is 3.36. The summed E-state index contributed by atoms with van der Waals surface area (Å²) in [4.78, 5) is 24.7. The molecule has 0 radical (unpaired) electrons. The zero-order valence-corrected chi connectivity index (χ0v) is 20.5. The van der Waals surface area contributed by atoms with E-state index in [1.807, 2.05) is 13.0 Å². The molecule has 0 spiro atoms. The molecule has 1 unspecified atom stereocenters. The molecule has 1 saturated heterocycles. The van der Waals surface area contributed by atoms with Gasteiger partial charge in [0.1, 0.15) is 5.69 Å². The molecule has 7 nitrogen and oxygen atoms in total. The summed E-state index contributed by atoms with van der Waals surface area (Å²) < 4.78 is 31.9. The van der Waals surface area contributed by atoms with Gasteiger partial charge < -0.3 is 14.6 Å². The molecule has 174 valence electrons. The summed E-state index contributed by atoms with van der Waals surface area (Å²) in [5, 5.41) is 3.30. The summed E-state index contributed by atoms with van der Waals surface area (Å²) in [5.74, 6) is -1.03. The number of hydrogen-bond donors (Lipinski definition) is 1. The molecule has 0 saturated carbocycles. The van der Waals surface area contributed by atoms with Gasteiger partial charge in [-0.1, -0.05) is 35.3 Å². The Balaban J connectivity index is 1.55. The number of carbonyl (C=O) groups excluding carboxylic acids is 2. The highest BCUT2D eigenvalue weighted by atomic mass is 35.5. The third-order valence-electron chi connectivity index (χ3n) is 5.96. The number of ether oxygens (including phenoxy) is 1. The van der Waals surface area contributed by atoms with E-state index in [2.05, 4.69) is 5.32 Å². The fraction of sp³-hybridized carbons (Fsp3) is 0.304. The quantitative estimate of drug-likeness (QED) is 0.516. The Bertz CT molecular complexity index is 1380. The second kappa shape index (κ2) is 8.66. The highest BCUT2D eigenvalue weighted by Crippen LogP contribution is 2.35. The van der Waals surface area contributed by atoms with Crippen LogP contribution in [-0.4, -0.2) is 36.7 Å². The lowest BCUT2D eigenvalue weighted by Crippen LogP contribution is -2.28. The van der Waals surface area contributed by atoms with Crippen molar-refractivity contribution in [2.75, 3.05) is 6.61 Å². The first-order valence-corrected chi connectivity index (χ1v) is 12.6. The van der Waals surface area contributed by atoms with E-state index < -0.39 is 27.1 Å². The van der Waals surface area contributed by atoms with Crippen LogP contribution in [0.4, 0.5) is 0 Å². The fourth-order valence-corrected chi connectivity index (χ4v) is 6.00. The lowest BCUT2D eigenvalue weighted by atomic mass is 10.1. The fourth-order valence-electron chi connectivity index (χ4n) is 3.97. The Labute approximate surface area is 201 Å². The molecule has 0 bridgehead atoms. The van der Waals surface area contributed by atoms with Crippen LogP contribution in [0.2, 0.25) is 10.0 Å². The molecule has 3 aromatic rings. The number of hydrogen-bond acceptors (Lipinski definition) is 5. The van der Waals surface area contributed by atoms with Crippen LogP contribution in [0.25, 0.3) is 10.9 Å². The van der Waals surface area contributed by atoms with Crippen molar-refractivity contribution in [3.05, 3.63) is 63.3 Å². The predicted molar refractivity (Wildman–Crippen MR) is 127 cm³/mol. The molecule has 2 heterocycles. The topological polar surface area (TPSA) is 94.5 Å². The summed E-state index contributed by atoms with van der Waals surface area (Å²) in [6, 6.07) is 9.31. The maximum atomic E-state index is 13.0. The Hall–Kier alpha value is -2.55. The SMILES string of the molecule is Cc1cc2c(cc(C(=O)N[C@H](C)c3ccc(S(=O)(=O)C4CCOC4=O)cc3)n2C)c(Cl)c1Cl. The Morgan fingerprint density at radius 2 is 1.85 bits per heavy atom. The van der Waals surface area contributed by atoms with Crippen molar-refractivity contribution in [2.45, 2.75) is 36.5 Å². The van der Waals surface area contributed by atoms with Gasteiger partial charge in [0, 0.05) is 18.9 Å². The van der Waals surface area contributed by atoms with Crippen LogP contribution < -0.4 is 5.32 Å². The number of nitrogens with zero attached hydrogens (tertiary/aromatic N) is 1. The number of esters is 1. The number of carbonyl (C=O) groups is 2. The summed E-state index contributed by atoms with van der Waals surface area (Å²) in [6.45, 7) is 3.75. The normalized spacial score (nSPS) is 17.2. The molecule has 10 heteroatoms. The van der Waals surface area contributed by atoms with Gasteiger partial charge in [-0.3, -0.25) is 9.59 Å². The van der Waals surface area contributed by atoms with E-state index in [4.69, 9.17) is 27.9 Å². The molecular formula is C23H22Cl2N2O5S. The monoisotopic (exact) mass is 508 g/mol. The van der Waals surface area contributed by atoms with E-state index in [9.17, 15) is 18.0 Å². The van der Waals surface area contributed by atoms with Crippen molar-refractivity contribution in [2.24, 2.45) is 7.05 Å². The maximum absolute atomic E-state index is 13.0. The molecule has 1 amide bonds. The van der Waals surface area contributed by atoms with Crippen molar-refractivity contribution in [1.29, 1.82) is 0 Å². The van der Waals surface area contributed by atoms with Crippen molar-refractivity contribution >= 4 is 55.8 Å². The first-order chi connectivity index (χ1) is 15.5. The Morgan fingerprint density at radius 3 is 2.45 bits per heavy atom. The minimum absolute atomic E-state index is 0.0456. The van der Waals surface area contributed by atoms with Crippen LogP contribution in [0.1, 0.15) is 41.0 Å². The van der Waals surface area contributed by atoms with Crippen molar-refractivity contribution in [1.82, 2.24) is 9.88 Å². The van der Waals surface area contributed by atoms with Gasteiger partial charge in [-0.15, -0.1) is 0 Å². The molecule has 1 fully saturated rings. The van der Waals surface area contributed by atoms with Crippen LogP contribution in [0, 0.1) is 6.92 Å². The molecule has 2 atom stereocenters. The number of aromatic nitrogens is 1. The van der Waals surface area contributed by atoms with Crippen LogP contribution in [0.5, 0.6) is 0 Å². The number of rotatable bonds is 5. The van der Waals surface area contributed by atoms with E-state index in [1.165, 1.54) is 12.1 Å². The number of amides is 1. The zero-order chi connectivity index (χ0) is 24.1. The first kappa shape index (κ1) is 23.6. The molecule has 2 aromatic carbocycles. The average molecular weight is 509 g/mol. The number of fused-ring (bicyclic) bond motifs is 1. The predicted octanol–water partition coefficient (Wildman–Crippen LogP) is 4.37. The highest BCUT2D eigenvalue weighted by Gasteiger charge is 2.39. The lowest BCUT2D eigenvalue weighted by Gasteiger charge is -2.16. The minimum atomic E-state index is -3.82. The number of cyclic esters (lactones) is 1. The van der Waals surface area contributed by atoms with Crippen molar-refractivity contribution in [3.8, 4) is 0 Å². The Kier molecular flexibility index (Phi) is 6.20. The van der Waals surface area contributed by atoms with Gasteiger partial charge in [0.2, 0.25) is 0 Å². The summed E-state index contributed by atoms with van der Waals surface area (Å²) in [5.41, 5.74) is 2.74. The second-order valence-electron chi connectivity index (χ2n) is 8.10. The van der Waals surface area contributed by atoms with E-state index in [0.717, 1.165) is 11.1 Å². The molecule has 1 aliphatic rings. The van der Waals surface area contributed by atoms with E-state index in [-0.39, 0.29) is 23.8 Å². The van der Waals surface area contributed by atoms with E-state index >= 15 is 0 Å². The summed E-state index contributed by atoms with van der Waals surface area (Å²) in [6.07, 6.45) is 0.148. The summed E-state index contributed by atoms with van der Waals surface area (Å²) >= 11 is 12.6. The number of benzene rings is 2. The molecule has 1 aromatic heterocycles. The molecule has 33 heavy (non-hydrogen) atoms. The molecule has 4 rings (SSSR count). The molecule has 0 aliphatic carbocycles. The molecular weight excluding hydrogens is 487 g/mol. The van der Waals surface area contributed by atoms with Gasteiger partial charge in [-0.25, -0.2) is 8.42 Å².